The van der Waals surface area contributed by atoms with Crippen LogP contribution in [0.4, 0.5) is 8.78 Å². The van der Waals surface area contributed by atoms with Crippen LogP contribution in [0.15, 0.2) is 0 Å². The Kier molecular flexibility index (Phi) is 12.4. The predicted molar refractivity (Wildman–Crippen MR) is 131 cm³/mol. The molecule has 1 aliphatic carbocycles. The van der Waals surface area contributed by atoms with Gasteiger partial charge in [-0.2, -0.15) is 8.78 Å². The van der Waals surface area contributed by atoms with Gasteiger partial charge >= 0.3 is 5.97 Å². The van der Waals surface area contributed by atoms with E-state index in [0.717, 1.165) is 38.5 Å². The van der Waals surface area contributed by atoms with Gasteiger partial charge < -0.3 is 14.2 Å². The average molecular weight is 516 g/mol. The summed E-state index contributed by atoms with van der Waals surface area (Å²) in [6.07, 6.45) is 3.75. The molecule has 0 bridgehead atoms. The molecule has 0 fully saturated rings. The molecule has 0 aromatic carbocycles. The number of nitrogens with zero attached hydrogens (tertiary/aromatic N) is 3. The van der Waals surface area contributed by atoms with Crippen molar-refractivity contribution in [2.24, 2.45) is 5.92 Å². The third-order valence-electron chi connectivity index (χ3n) is 6.87. The van der Waals surface area contributed by atoms with Crippen LogP contribution in [0.1, 0.15) is 115 Å². The van der Waals surface area contributed by atoms with Gasteiger partial charge in [0.1, 0.15) is 11.9 Å². The van der Waals surface area contributed by atoms with Crippen molar-refractivity contribution in [3.8, 4) is 0 Å². The third-order valence-corrected chi connectivity index (χ3v) is 6.87. The van der Waals surface area contributed by atoms with E-state index in [9.17, 15) is 9.59 Å². The van der Waals surface area contributed by atoms with Crippen LogP contribution in [0, 0.1) is 5.92 Å². The number of carbonyl (C=O) groups excluding carboxylic acids is 2. The van der Waals surface area contributed by atoms with Crippen molar-refractivity contribution in [3.63, 3.8) is 0 Å². The highest BCUT2D eigenvalue weighted by atomic mass is 19.3. The van der Waals surface area contributed by atoms with Gasteiger partial charge in [0.2, 0.25) is 0 Å². The van der Waals surface area contributed by atoms with Gasteiger partial charge in [-0.3, -0.25) is 9.59 Å². The first kappa shape index (κ1) is 30.3. The molecule has 8 nitrogen and oxygen atoms in total. The number of fused-ring (bicyclic) bond motifs is 1. The predicted octanol–water partition coefficient (Wildman–Crippen LogP) is 5.71. The topological polar surface area (TPSA) is 92.5 Å². The lowest BCUT2D eigenvalue weighted by atomic mass is 9.82. The van der Waals surface area contributed by atoms with E-state index in [1.165, 1.54) is 14.2 Å². The Morgan fingerprint density at radius 2 is 1.81 bits per heavy atom. The summed E-state index contributed by atoms with van der Waals surface area (Å²) in [5.74, 6) is -5.32. The van der Waals surface area contributed by atoms with Gasteiger partial charge in [-0.05, 0) is 25.7 Å². The smallest absolute Gasteiger partial charge is 0.306 e. The highest BCUT2D eigenvalue weighted by molar-refractivity contribution is 5.85. The second kappa shape index (κ2) is 14.7. The summed E-state index contributed by atoms with van der Waals surface area (Å²) in [6.45, 7) is 6.32. The molecule has 2 rings (SSSR count). The van der Waals surface area contributed by atoms with Crippen LogP contribution in [0.3, 0.4) is 0 Å². The summed E-state index contributed by atoms with van der Waals surface area (Å²) >= 11 is 0. The highest BCUT2D eigenvalue weighted by Gasteiger charge is 2.49. The minimum atomic E-state index is -3.38. The fourth-order valence-electron chi connectivity index (χ4n) is 4.96. The van der Waals surface area contributed by atoms with E-state index in [2.05, 4.69) is 24.2 Å². The van der Waals surface area contributed by atoms with Crippen molar-refractivity contribution >= 4 is 11.8 Å². The monoisotopic (exact) mass is 515 g/mol. The van der Waals surface area contributed by atoms with Crippen LogP contribution in [-0.2, 0) is 29.7 Å². The van der Waals surface area contributed by atoms with Crippen LogP contribution in [0.2, 0.25) is 0 Å². The Bertz CT molecular complexity index is 833. The van der Waals surface area contributed by atoms with Crippen molar-refractivity contribution in [2.75, 3.05) is 20.8 Å². The molecule has 0 saturated heterocycles. The third kappa shape index (κ3) is 7.78. The molecular formula is C26H43F2N3O5. The maximum Gasteiger partial charge on any atom is 0.306 e. The second-order valence-electron chi connectivity index (χ2n) is 9.66. The summed E-state index contributed by atoms with van der Waals surface area (Å²) in [4.78, 5) is 24.8. The van der Waals surface area contributed by atoms with Gasteiger partial charge in [-0.1, -0.05) is 51.7 Å². The molecular weight excluding hydrogens is 472 g/mol. The number of hydrogen-bond acceptors (Lipinski definition) is 7. The average Bonchev–Trinajstić information content (AvgIpc) is 3.29. The molecule has 1 heterocycles. The molecule has 10 heteroatoms. The van der Waals surface area contributed by atoms with Gasteiger partial charge in [0.25, 0.3) is 5.92 Å². The molecule has 36 heavy (non-hydrogen) atoms. The summed E-state index contributed by atoms with van der Waals surface area (Å²) < 4.78 is 49.4. The molecule has 0 saturated carbocycles. The first-order valence-corrected chi connectivity index (χ1v) is 13.3. The maximum absolute atomic E-state index is 15.7. The summed E-state index contributed by atoms with van der Waals surface area (Å²) in [5.41, 5.74) is -0.216. The number of alkyl halides is 2. The number of carbonyl (C=O) groups is 2. The number of ketones is 1. The summed E-state index contributed by atoms with van der Waals surface area (Å²) in [5, 5.41) is 8.16. The zero-order valence-electron chi connectivity index (χ0n) is 22.4. The Morgan fingerprint density at radius 1 is 1.06 bits per heavy atom. The minimum absolute atomic E-state index is 0.0480. The lowest BCUT2D eigenvalue weighted by molar-refractivity contribution is -0.146. The van der Waals surface area contributed by atoms with Gasteiger partial charge in [0.05, 0.1) is 30.9 Å². The Hall–Kier alpha value is -1.94. The Labute approximate surface area is 213 Å². The summed E-state index contributed by atoms with van der Waals surface area (Å²) in [7, 11) is 2.93. The zero-order chi connectivity index (χ0) is 26.7. The van der Waals surface area contributed by atoms with E-state index >= 15 is 8.78 Å². The maximum atomic E-state index is 15.7. The van der Waals surface area contributed by atoms with Crippen LogP contribution in [0.5, 0.6) is 0 Å². The van der Waals surface area contributed by atoms with Crippen molar-refractivity contribution in [2.45, 2.75) is 116 Å². The molecule has 0 radical (unpaired) electrons. The second-order valence-corrected chi connectivity index (χ2v) is 9.66. The van der Waals surface area contributed by atoms with E-state index < -0.39 is 47.9 Å². The first-order valence-electron chi connectivity index (χ1n) is 13.3. The highest BCUT2D eigenvalue weighted by Crippen LogP contribution is 2.45. The van der Waals surface area contributed by atoms with E-state index in [4.69, 9.17) is 14.2 Å². The molecule has 1 aromatic rings. The van der Waals surface area contributed by atoms with Crippen LogP contribution < -0.4 is 0 Å². The number of esters is 1. The molecule has 0 aliphatic heterocycles. The number of unbranched alkanes of at least 4 members (excludes halogenated alkanes) is 2. The van der Waals surface area contributed by atoms with Gasteiger partial charge in [-0.25, -0.2) is 4.68 Å². The van der Waals surface area contributed by atoms with Crippen LogP contribution >= 0.6 is 0 Å². The van der Waals surface area contributed by atoms with Crippen LogP contribution in [0.25, 0.3) is 0 Å². The van der Waals surface area contributed by atoms with Gasteiger partial charge in [0.15, 0.2) is 5.69 Å². The molecule has 4 atom stereocenters. The van der Waals surface area contributed by atoms with Crippen molar-refractivity contribution in [1.82, 2.24) is 15.0 Å². The normalized spacial score (nSPS) is 22.4. The molecule has 1 aliphatic rings. The van der Waals surface area contributed by atoms with Crippen LogP contribution in [-0.4, -0.2) is 53.7 Å². The number of hydrogen-bond donors (Lipinski definition) is 0. The SMILES string of the molecule is CCCCCC(CCC)n1nnc2c1[C@H](OC)[C@@H](OC)CC(C(=O)CCC(=O)OCCC)CC2(F)F. The number of methoxy groups -OCH3 is 2. The zero-order valence-corrected chi connectivity index (χ0v) is 22.4. The number of Topliss-reactive ketones (excluding diaryl/α,β-unsaturated/α-hetero) is 1. The Morgan fingerprint density at radius 3 is 2.42 bits per heavy atom. The van der Waals surface area contributed by atoms with E-state index in [1.54, 1.807) is 4.68 Å². The molecule has 1 aromatic heterocycles. The first-order chi connectivity index (χ1) is 17.2. The molecule has 206 valence electrons. The van der Waals surface area contributed by atoms with Gasteiger partial charge in [-0.15, -0.1) is 5.10 Å². The largest absolute Gasteiger partial charge is 0.466 e. The van der Waals surface area contributed by atoms with Gasteiger partial charge in [0, 0.05) is 33.0 Å². The quantitative estimate of drug-likeness (QED) is 0.218. The number of halogens is 2. The van der Waals surface area contributed by atoms with E-state index in [0.29, 0.717) is 6.42 Å². The summed E-state index contributed by atoms with van der Waals surface area (Å²) in [6, 6.07) is -0.0743. The number of rotatable bonds is 15. The number of ether oxygens (including phenoxy) is 3. The Balaban J connectivity index is 2.38. The van der Waals surface area contributed by atoms with Crippen molar-refractivity contribution in [1.29, 1.82) is 0 Å². The fourth-order valence-corrected chi connectivity index (χ4v) is 4.96. The molecule has 0 amide bonds. The molecule has 0 spiro atoms. The molecule has 2 unspecified atom stereocenters. The standard InChI is InChI=1S/C26H43F2N3O5/c1-6-9-10-12-19(11-7-2)31-23-24(35-5)21(34-4)16-18(17-26(27,28)25(23)29-30-31)20(32)13-14-22(33)36-15-8-3/h18-19,21,24H,6-17H2,1-5H3/t18?,19?,21-,24+/m0/s1. The van der Waals surface area contributed by atoms with E-state index in [-0.39, 0.29) is 37.6 Å². The van der Waals surface area contributed by atoms with Crippen molar-refractivity contribution < 1.29 is 32.6 Å². The lowest BCUT2D eigenvalue weighted by Crippen LogP contribution is -2.37. The fraction of sp³-hybridized carbons (Fsp3) is 0.846. The molecule has 0 N–H and O–H groups in total. The lowest BCUT2D eigenvalue weighted by Gasteiger charge is -2.34. The van der Waals surface area contributed by atoms with E-state index in [1.807, 2.05) is 6.92 Å². The minimum Gasteiger partial charge on any atom is -0.466 e. The van der Waals surface area contributed by atoms with Crippen molar-refractivity contribution in [3.05, 3.63) is 11.4 Å². The number of aromatic nitrogens is 3.